The number of phenolic OH excluding ortho intramolecular Hbond substituents is 1. The van der Waals surface area contributed by atoms with E-state index in [0.717, 1.165) is 49.0 Å². The van der Waals surface area contributed by atoms with Crippen molar-refractivity contribution in [1.29, 1.82) is 0 Å². The molecule has 120 valence electrons. The molecule has 0 bridgehead atoms. The number of ether oxygens (including phenoxy) is 1. The first-order chi connectivity index (χ1) is 10.7. The topological polar surface area (TPSA) is 29.5 Å². The Bertz CT molecular complexity index is 543. The van der Waals surface area contributed by atoms with Gasteiger partial charge in [0.05, 0.1) is 6.26 Å². The molecule has 0 heterocycles. The van der Waals surface area contributed by atoms with Gasteiger partial charge in [-0.2, -0.15) is 0 Å². The number of allylic oxidation sites excluding steroid dienone is 2. The second-order valence-electron chi connectivity index (χ2n) is 6.28. The van der Waals surface area contributed by atoms with Crippen LogP contribution in [0.15, 0.2) is 36.6 Å². The van der Waals surface area contributed by atoms with Gasteiger partial charge in [-0.15, -0.1) is 0 Å². The molecule has 0 radical (unpaired) electrons. The van der Waals surface area contributed by atoms with E-state index >= 15 is 0 Å². The molecule has 1 aliphatic rings. The van der Waals surface area contributed by atoms with Gasteiger partial charge < -0.3 is 9.84 Å². The number of hydrogen-bond donors (Lipinski definition) is 1. The highest BCUT2D eigenvalue weighted by molar-refractivity contribution is 5.51. The van der Waals surface area contributed by atoms with Crippen LogP contribution in [-0.2, 0) is 6.42 Å². The minimum Gasteiger partial charge on any atom is -0.507 e. The van der Waals surface area contributed by atoms with Crippen LogP contribution < -0.4 is 4.74 Å². The summed E-state index contributed by atoms with van der Waals surface area (Å²) in [7, 11) is 0. The van der Waals surface area contributed by atoms with E-state index in [1.165, 1.54) is 24.7 Å². The predicted octanol–water partition coefficient (Wildman–Crippen LogP) is 5.86. The highest BCUT2D eigenvalue weighted by Crippen LogP contribution is 2.42. The van der Waals surface area contributed by atoms with Gasteiger partial charge in [-0.05, 0) is 56.7 Å². The second kappa shape index (κ2) is 8.07. The van der Waals surface area contributed by atoms with Crippen LogP contribution in [-0.4, -0.2) is 5.11 Å². The molecule has 2 rings (SSSR count). The van der Waals surface area contributed by atoms with Crippen LogP contribution in [0.25, 0.3) is 0 Å². The minimum absolute atomic E-state index is 0.244. The Labute approximate surface area is 134 Å². The van der Waals surface area contributed by atoms with Crippen molar-refractivity contribution in [1.82, 2.24) is 0 Å². The Morgan fingerprint density at radius 2 is 2.18 bits per heavy atom. The maximum absolute atomic E-state index is 10.6. The largest absolute Gasteiger partial charge is 0.507 e. The molecule has 1 aromatic rings. The molecular weight excluding hydrogens is 272 g/mol. The van der Waals surface area contributed by atoms with Crippen LogP contribution in [0.2, 0.25) is 0 Å². The summed E-state index contributed by atoms with van der Waals surface area (Å²) in [5.74, 6) is 1.37. The first-order valence-electron chi connectivity index (χ1n) is 8.46. The fourth-order valence-electron chi connectivity index (χ4n) is 3.29. The highest BCUT2D eigenvalue weighted by atomic mass is 16.5. The van der Waals surface area contributed by atoms with Gasteiger partial charge in [-0.25, -0.2) is 0 Å². The van der Waals surface area contributed by atoms with Crippen LogP contribution in [0.4, 0.5) is 0 Å². The lowest BCUT2D eigenvalue weighted by atomic mass is 9.84. The number of phenols is 1. The molecule has 0 amide bonds. The monoisotopic (exact) mass is 300 g/mol. The third kappa shape index (κ3) is 4.16. The standard InChI is InChI=1S/C20H28O2/c1-4-6-7-10-16-13-18(21)20(19(14-16)22-5-2)17-11-8-9-15(3)12-17/h5,12-14,17,21H,2,4,6-11H2,1,3H3/t17-/m0/s1. The van der Waals surface area contributed by atoms with Crippen molar-refractivity contribution in [3.63, 3.8) is 0 Å². The molecule has 22 heavy (non-hydrogen) atoms. The van der Waals surface area contributed by atoms with E-state index in [1.54, 1.807) is 0 Å². The molecule has 0 saturated heterocycles. The maximum atomic E-state index is 10.6. The lowest BCUT2D eigenvalue weighted by Gasteiger charge is -2.23. The molecule has 0 fully saturated rings. The van der Waals surface area contributed by atoms with E-state index in [0.29, 0.717) is 5.75 Å². The van der Waals surface area contributed by atoms with Crippen molar-refractivity contribution < 1.29 is 9.84 Å². The summed E-state index contributed by atoms with van der Waals surface area (Å²) in [6.07, 6.45) is 11.6. The van der Waals surface area contributed by atoms with Gasteiger partial charge in [0, 0.05) is 11.5 Å². The molecule has 2 nitrogen and oxygen atoms in total. The zero-order valence-corrected chi connectivity index (χ0v) is 13.9. The van der Waals surface area contributed by atoms with Crippen molar-refractivity contribution in [2.75, 3.05) is 0 Å². The zero-order valence-electron chi connectivity index (χ0n) is 13.9. The van der Waals surface area contributed by atoms with E-state index in [1.807, 2.05) is 6.07 Å². The van der Waals surface area contributed by atoms with Gasteiger partial charge in [-0.3, -0.25) is 0 Å². The van der Waals surface area contributed by atoms with Crippen molar-refractivity contribution in [2.24, 2.45) is 0 Å². The van der Waals surface area contributed by atoms with E-state index < -0.39 is 0 Å². The van der Waals surface area contributed by atoms with Gasteiger partial charge in [0.15, 0.2) is 0 Å². The summed E-state index contributed by atoms with van der Waals surface area (Å²) in [6.45, 7) is 8.03. The molecule has 1 aromatic carbocycles. The number of rotatable bonds is 7. The van der Waals surface area contributed by atoms with Gasteiger partial charge >= 0.3 is 0 Å². The van der Waals surface area contributed by atoms with Crippen LogP contribution in [0.5, 0.6) is 11.5 Å². The number of hydrogen-bond acceptors (Lipinski definition) is 2. The van der Waals surface area contributed by atoms with E-state index in [9.17, 15) is 5.11 Å². The fraction of sp³-hybridized carbons (Fsp3) is 0.500. The predicted molar refractivity (Wildman–Crippen MR) is 92.5 cm³/mol. The molecule has 0 unspecified atom stereocenters. The summed E-state index contributed by atoms with van der Waals surface area (Å²) >= 11 is 0. The van der Waals surface area contributed by atoms with Crippen LogP contribution in [0, 0.1) is 0 Å². The number of unbranched alkanes of at least 4 members (excludes halogenated alkanes) is 2. The molecule has 0 spiro atoms. The summed E-state index contributed by atoms with van der Waals surface area (Å²) in [6, 6.07) is 3.99. The van der Waals surface area contributed by atoms with Crippen molar-refractivity contribution >= 4 is 0 Å². The molecule has 1 atom stereocenters. The number of benzene rings is 1. The normalized spacial score (nSPS) is 17.9. The molecule has 1 N–H and O–H groups in total. The highest BCUT2D eigenvalue weighted by Gasteiger charge is 2.22. The maximum Gasteiger partial charge on any atom is 0.134 e. The number of aromatic hydroxyl groups is 1. The van der Waals surface area contributed by atoms with Crippen molar-refractivity contribution in [3.05, 3.63) is 47.7 Å². The lowest BCUT2D eigenvalue weighted by Crippen LogP contribution is -2.05. The smallest absolute Gasteiger partial charge is 0.134 e. The zero-order chi connectivity index (χ0) is 15.9. The van der Waals surface area contributed by atoms with Crippen LogP contribution in [0.1, 0.15) is 69.4 Å². The Hall–Kier alpha value is -1.70. The summed E-state index contributed by atoms with van der Waals surface area (Å²) in [5, 5.41) is 10.6. The van der Waals surface area contributed by atoms with Crippen LogP contribution >= 0.6 is 0 Å². The molecule has 0 aliphatic heterocycles. The third-order valence-electron chi connectivity index (χ3n) is 4.40. The van der Waals surface area contributed by atoms with Crippen molar-refractivity contribution in [3.8, 4) is 11.5 Å². The Kier molecular flexibility index (Phi) is 6.11. The van der Waals surface area contributed by atoms with Gasteiger partial charge in [0.2, 0.25) is 0 Å². The van der Waals surface area contributed by atoms with Gasteiger partial charge in [-0.1, -0.05) is 38.0 Å². The average molecular weight is 300 g/mol. The number of aryl methyl sites for hydroxylation is 1. The molecular formula is C20H28O2. The quantitative estimate of drug-likeness (QED) is 0.388. The fourth-order valence-corrected chi connectivity index (χ4v) is 3.29. The average Bonchev–Trinajstić information content (AvgIpc) is 2.47. The first-order valence-corrected chi connectivity index (χ1v) is 8.46. The molecule has 0 aromatic heterocycles. The second-order valence-corrected chi connectivity index (χ2v) is 6.28. The van der Waals surface area contributed by atoms with Crippen molar-refractivity contribution in [2.45, 2.75) is 64.7 Å². The van der Waals surface area contributed by atoms with E-state index in [2.05, 4.69) is 32.6 Å². The van der Waals surface area contributed by atoms with Crippen LogP contribution in [0.3, 0.4) is 0 Å². The van der Waals surface area contributed by atoms with E-state index in [4.69, 9.17) is 4.74 Å². The molecule has 0 saturated carbocycles. The summed E-state index contributed by atoms with van der Waals surface area (Å²) in [4.78, 5) is 0. The Balaban J connectivity index is 2.31. The molecule has 1 aliphatic carbocycles. The summed E-state index contributed by atoms with van der Waals surface area (Å²) in [5.41, 5.74) is 3.45. The third-order valence-corrected chi connectivity index (χ3v) is 4.40. The Morgan fingerprint density at radius 1 is 1.36 bits per heavy atom. The molecule has 2 heteroatoms. The van der Waals surface area contributed by atoms with Gasteiger partial charge in [0.25, 0.3) is 0 Å². The summed E-state index contributed by atoms with van der Waals surface area (Å²) < 4.78 is 5.63. The minimum atomic E-state index is 0.244. The Morgan fingerprint density at radius 3 is 2.86 bits per heavy atom. The lowest BCUT2D eigenvalue weighted by molar-refractivity contribution is 0.432. The SMILES string of the molecule is C=COc1cc(CCCCC)cc(O)c1[C@@H]1C=C(C)CCC1. The van der Waals surface area contributed by atoms with E-state index in [-0.39, 0.29) is 5.92 Å². The first kappa shape index (κ1) is 16.7. The van der Waals surface area contributed by atoms with Gasteiger partial charge in [0.1, 0.15) is 11.5 Å².